The maximum absolute atomic E-state index is 13.1. The molecular formula is C21H21FN4O2. The molecule has 0 aliphatic heterocycles. The van der Waals surface area contributed by atoms with Gasteiger partial charge in [0.1, 0.15) is 24.0 Å². The molecule has 0 saturated carbocycles. The Kier molecular flexibility index (Phi) is 5.84. The lowest BCUT2D eigenvalue weighted by Gasteiger charge is -2.15. The molecule has 144 valence electrons. The minimum atomic E-state index is -0.335. The molecule has 6 nitrogen and oxygen atoms in total. The van der Waals surface area contributed by atoms with Crippen molar-refractivity contribution >= 4 is 5.91 Å². The van der Waals surface area contributed by atoms with Crippen molar-refractivity contribution in [3.05, 3.63) is 84.2 Å². The third-order valence-electron chi connectivity index (χ3n) is 4.09. The molecule has 0 N–H and O–H groups in total. The van der Waals surface area contributed by atoms with Gasteiger partial charge in [0.05, 0.1) is 5.69 Å². The third kappa shape index (κ3) is 4.43. The second kappa shape index (κ2) is 8.47. The van der Waals surface area contributed by atoms with Gasteiger partial charge in [-0.05, 0) is 48.9 Å². The van der Waals surface area contributed by atoms with E-state index in [2.05, 4.69) is 16.7 Å². The van der Waals surface area contributed by atoms with Crippen molar-refractivity contribution in [1.82, 2.24) is 19.7 Å². The van der Waals surface area contributed by atoms with Gasteiger partial charge in [0.25, 0.3) is 5.91 Å². The summed E-state index contributed by atoms with van der Waals surface area (Å²) in [5.74, 6) is 0.754. The molecule has 0 saturated heterocycles. The average Bonchev–Trinajstić information content (AvgIpc) is 3.09. The number of rotatable bonds is 7. The molecule has 0 atom stereocenters. The van der Waals surface area contributed by atoms with Gasteiger partial charge < -0.3 is 9.64 Å². The highest BCUT2D eigenvalue weighted by Gasteiger charge is 2.19. The zero-order valence-electron chi connectivity index (χ0n) is 15.8. The Bertz CT molecular complexity index is 965. The van der Waals surface area contributed by atoms with Crippen molar-refractivity contribution in [2.75, 3.05) is 13.7 Å². The zero-order chi connectivity index (χ0) is 20.1. The van der Waals surface area contributed by atoms with Crippen LogP contribution in [-0.4, -0.2) is 39.2 Å². The third-order valence-corrected chi connectivity index (χ3v) is 4.09. The van der Waals surface area contributed by atoms with E-state index in [1.165, 1.54) is 16.8 Å². The fourth-order valence-corrected chi connectivity index (χ4v) is 2.67. The summed E-state index contributed by atoms with van der Waals surface area (Å²) in [5.41, 5.74) is 1.60. The highest BCUT2D eigenvalue weighted by molar-refractivity contribution is 5.90. The lowest BCUT2D eigenvalue weighted by molar-refractivity contribution is 0.0773. The monoisotopic (exact) mass is 380 g/mol. The summed E-state index contributed by atoms with van der Waals surface area (Å²) in [4.78, 5) is 18.5. The van der Waals surface area contributed by atoms with Gasteiger partial charge in [-0.1, -0.05) is 24.8 Å². The van der Waals surface area contributed by atoms with Crippen LogP contribution >= 0.6 is 0 Å². The van der Waals surface area contributed by atoms with Crippen LogP contribution in [0.3, 0.4) is 0 Å². The first-order chi connectivity index (χ1) is 13.5. The summed E-state index contributed by atoms with van der Waals surface area (Å²) in [6.45, 7) is 6.21. The molecule has 0 bridgehead atoms. The van der Waals surface area contributed by atoms with Crippen molar-refractivity contribution in [1.29, 1.82) is 0 Å². The Balaban J connectivity index is 1.70. The molecule has 0 aliphatic carbocycles. The van der Waals surface area contributed by atoms with Gasteiger partial charge in [-0.15, -0.1) is 5.10 Å². The zero-order valence-corrected chi connectivity index (χ0v) is 15.8. The average molecular weight is 380 g/mol. The summed E-state index contributed by atoms with van der Waals surface area (Å²) in [6, 6.07) is 13.4. The second-order valence-corrected chi connectivity index (χ2v) is 6.28. The number of aryl methyl sites for hydroxylation is 1. The number of hydrogen-bond acceptors (Lipinski definition) is 4. The van der Waals surface area contributed by atoms with E-state index in [0.717, 1.165) is 11.3 Å². The molecule has 0 radical (unpaired) electrons. The topological polar surface area (TPSA) is 60.2 Å². The van der Waals surface area contributed by atoms with Gasteiger partial charge in [0, 0.05) is 13.6 Å². The number of carbonyl (C=O) groups excluding carboxylic acids is 1. The normalized spacial score (nSPS) is 10.5. The standard InChI is InChI=1S/C21H21FN4O2/c1-4-13-28-19-11-5-16(6-12-19)14-25(3)21(27)20-23-15(2)26(24-20)18-9-7-17(22)8-10-18/h4-12H,1,13-14H2,2-3H3. The van der Waals surface area contributed by atoms with E-state index in [4.69, 9.17) is 4.74 Å². The smallest absolute Gasteiger partial charge is 0.293 e. The van der Waals surface area contributed by atoms with Crippen molar-refractivity contribution in [3.8, 4) is 11.4 Å². The van der Waals surface area contributed by atoms with Crippen LogP contribution in [0.5, 0.6) is 5.75 Å². The fourth-order valence-electron chi connectivity index (χ4n) is 2.67. The van der Waals surface area contributed by atoms with Crippen LogP contribution in [0.1, 0.15) is 22.0 Å². The number of amides is 1. The molecule has 0 unspecified atom stereocenters. The summed E-state index contributed by atoms with van der Waals surface area (Å²) in [7, 11) is 1.69. The molecule has 0 aliphatic rings. The van der Waals surface area contributed by atoms with Gasteiger partial charge in [0.15, 0.2) is 0 Å². The van der Waals surface area contributed by atoms with Crippen LogP contribution in [0.2, 0.25) is 0 Å². The molecule has 7 heteroatoms. The number of benzene rings is 2. The first-order valence-electron chi connectivity index (χ1n) is 8.75. The predicted octanol–water partition coefficient (Wildman–Crippen LogP) is 3.55. The molecule has 0 fully saturated rings. The van der Waals surface area contributed by atoms with E-state index in [-0.39, 0.29) is 17.5 Å². The van der Waals surface area contributed by atoms with E-state index in [9.17, 15) is 9.18 Å². The molecule has 3 rings (SSSR count). The molecule has 3 aromatic rings. The van der Waals surface area contributed by atoms with Gasteiger partial charge in [-0.3, -0.25) is 4.79 Å². The van der Waals surface area contributed by atoms with E-state index in [0.29, 0.717) is 24.7 Å². The number of ether oxygens (including phenoxy) is 1. The van der Waals surface area contributed by atoms with Gasteiger partial charge in [0.2, 0.25) is 5.82 Å². The van der Waals surface area contributed by atoms with Gasteiger partial charge >= 0.3 is 0 Å². The minimum Gasteiger partial charge on any atom is -0.490 e. The quantitative estimate of drug-likeness (QED) is 0.588. The van der Waals surface area contributed by atoms with Crippen molar-refractivity contribution in [2.24, 2.45) is 0 Å². The van der Waals surface area contributed by atoms with Crippen LogP contribution in [0.25, 0.3) is 5.69 Å². The number of hydrogen-bond donors (Lipinski definition) is 0. The maximum atomic E-state index is 13.1. The Morgan fingerprint density at radius 1 is 1.21 bits per heavy atom. The van der Waals surface area contributed by atoms with E-state index in [1.807, 2.05) is 24.3 Å². The van der Waals surface area contributed by atoms with Crippen LogP contribution < -0.4 is 4.74 Å². The largest absolute Gasteiger partial charge is 0.490 e. The first-order valence-corrected chi connectivity index (χ1v) is 8.75. The molecule has 28 heavy (non-hydrogen) atoms. The highest BCUT2D eigenvalue weighted by atomic mass is 19.1. The van der Waals surface area contributed by atoms with Crippen LogP contribution in [0.4, 0.5) is 4.39 Å². The summed E-state index contributed by atoms with van der Waals surface area (Å²) >= 11 is 0. The Labute approximate surface area is 162 Å². The minimum absolute atomic E-state index is 0.0928. The van der Waals surface area contributed by atoms with Crippen molar-refractivity contribution in [2.45, 2.75) is 13.5 Å². The predicted molar refractivity (Wildman–Crippen MR) is 104 cm³/mol. The van der Waals surface area contributed by atoms with Crippen LogP contribution in [-0.2, 0) is 6.54 Å². The van der Waals surface area contributed by atoms with Gasteiger partial charge in [-0.25, -0.2) is 14.1 Å². The molecule has 1 amide bonds. The molecule has 2 aromatic carbocycles. The second-order valence-electron chi connectivity index (χ2n) is 6.28. The fraction of sp³-hybridized carbons (Fsp3) is 0.190. The molecular weight excluding hydrogens is 359 g/mol. The summed E-state index contributed by atoms with van der Waals surface area (Å²) in [5, 5.41) is 4.28. The number of aromatic nitrogens is 3. The summed E-state index contributed by atoms with van der Waals surface area (Å²) < 4.78 is 20.1. The van der Waals surface area contributed by atoms with Crippen molar-refractivity contribution < 1.29 is 13.9 Å². The number of carbonyl (C=O) groups is 1. The highest BCUT2D eigenvalue weighted by Crippen LogP contribution is 2.15. The van der Waals surface area contributed by atoms with E-state index >= 15 is 0 Å². The van der Waals surface area contributed by atoms with Crippen LogP contribution in [0, 0.1) is 12.7 Å². The number of halogens is 1. The Morgan fingerprint density at radius 3 is 2.54 bits per heavy atom. The van der Waals surface area contributed by atoms with Crippen LogP contribution in [0.15, 0.2) is 61.2 Å². The van der Waals surface area contributed by atoms with Crippen molar-refractivity contribution in [3.63, 3.8) is 0 Å². The Hall–Kier alpha value is -3.48. The molecule has 1 aromatic heterocycles. The van der Waals surface area contributed by atoms with E-state index in [1.54, 1.807) is 37.1 Å². The molecule has 0 spiro atoms. The molecule has 1 heterocycles. The lowest BCUT2D eigenvalue weighted by Crippen LogP contribution is -2.27. The number of nitrogens with zero attached hydrogens (tertiary/aromatic N) is 4. The maximum Gasteiger partial charge on any atom is 0.293 e. The van der Waals surface area contributed by atoms with Gasteiger partial charge in [-0.2, -0.15) is 0 Å². The first kappa shape index (κ1) is 19.3. The summed E-state index contributed by atoms with van der Waals surface area (Å²) in [6.07, 6.45) is 1.68. The van der Waals surface area contributed by atoms with E-state index < -0.39 is 0 Å². The SMILES string of the molecule is C=CCOc1ccc(CN(C)C(=O)c2nc(C)n(-c3ccc(F)cc3)n2)cc1. The Morgan fingerprint density at radius 2 is 1.89 bits per heavy atom. The lowest BCUT2D eigenvalue weighted by atomic mass is 10.2.